The first-order valence-corrected chi connectivity index (χ1v) is 18.5. The first kappa shape index (κ1) is 33.6. The molecule has 0 N–H and O–H groups in total. The molecule has 2 aromatic heterocycles. The van der Waals surface area contributed by atoms with E-state index in [0.29, 0.717) is 11.8 Å². The van der Waals surface area contributed by atoms with Crippen molar-refractivity contribution in [1.82, 2.24) is 14.6 Å². The normalized spacial score (nSPS) is 14.5. The Bertz CT molecular complexity index is 2410. The number of nitrogens with zero attached hydrogens (tertiary/aromatic N) is 4. The molecule has 52 heavy (non-hydrogen) atoms. The summed E-state index contributed by atoms with van der Waals surface area (Å²) < 4.78 is 9.22. The number of para-hydroxylation sites is 1. The third-order valence-corrected chi connectivity index (χ3v) is 10.5. The van der Waals surface area contributed by atoms with Crippen molar-refractivity contribution in [3.05, 3.63) is 150 Å². The van der Waals surface area contributed by atoms with E-state index in [2.05, 4.69) is 186 Å². The third kappa shape index (κ3) is 5.88. The fourth-order valence-corrected chi connectivity index (χ4v) is 7.81. The number of hydrogen-bond acceptors (Lipinski definition) is 4. The quantitative estimate of drug-likeness (QED) is 0.168. The van der Waals surface area contributed by atoms with Crippen LogP contribution in [0.3, 0.4) is 0 Å². The number of rotatable bonds is 7. The van der Waals surface area contributed by atoms with Gasteiger partial charge in [0.05, 0.1) is 22.4 Å². The van der Waals surface area contributed by atoms with Crippen molar-refractivity contribution >= 4 is 27.5 Å². The fourth-order valence-electron chi connectivity index (χ4n) is 7.81. The zero-order valence-corrected chi connectivity index (χ0v) is 31.6. The minimum absolute atomic E-state index is 0.00123. The van der Waals surface area contributed by atoms with Gasteiger partial charge in [0.2, 0.25) is 0 Å². The SMILES string of the molecule is CC(C)c1cccc(C(C)C)c1-c1cc(Oc2ccc3c4ccccc4n(-c4cc(C(C)(C)C)ccn4)c3c2)cc(N2C=C3CC=CC=C3N2C)c1. The fraction of sp³-hybridized carbons (Fsp3) is 0.255. The van der Waals surface area contributed by atoms with Gasteiger partial charge in [-0.15, -0.1) is 0 Å². The maximum Gasteiger partial charge on any atom is 0.137 e. The molecular formula is C47H48N4O. The maximum atomic E-state index is 6.94. The van der Waals surface area contributed by atoms with E-state index < -0.39 is 0 Å². The zero-order chi connectivity index (χ0) is 36.3. The molecule has 0 bridgehead atoms. The number of benzene rings is 4. The van der Waals surface area contributed by atoms with Crippen LogP contribution in [0, 0.1) is 0 Å². The Kier molecular flexibility index (Phi) is 8.33. The van der Waals surface area contributed by atoms with Crippen LogP contribution in [-0.4, -0.2) is 21.6 Å². The van der Waals surface area contributed by atoms with Crippen molar-refractivity contribution < 1.29 is 4.74 Å². The molecule has 0 spiro atoms. The van der Waals surface area contributed by atoms with Crippen LogP contribution in [0.5, 0.6) is 11.5 Å². The van der Waals surface area contributed by atoms with Gasteiger partial charge >= 0.3 is 0 Å². The number of anilines is 1. The highest BCUT2D eigenvalue weighted by atomic mass is 16.5. The summed E-state index contributed by atoms with van der Waals surface area (Å²) in [7, 11) is 2.14. The summed E-state index contributed by atoms with van der Waals surface area (Å²) in [4.78, 5) is 4.89. The maximum absolute atomic E-state index is 6.94. The first-order valence-electron chi connectivity index (χ1n) is 18.5. The topological polar surface area (TPSA) is 33.5 Å². The number of allylic oxidation sites excluding steroid dienone is 4. The lowest BCUT2D eigenvalue weighted by Gasteiger charge is -2.29. The van der Waals surface area contributed by atoms with E-state index in [9.17, 15) is 0 Å². The molecule has 0 radical (unpaired) electrons. The van der Waals surface area contributed by atoms with E-state index in [1.807, 2.05) is 6.20 Å². The van der Waals surface area contributed by atoms with Gasteiger partial charge in [-0.1, -0.05) is 97.0 Å². The van der Waals surface area contributed by atoms with Crippen LogP contribution >= 0.6 is 0 Å². The van der Waals surface area contributed by atoms with Crippen molar-refractivity contribution in [2.24, 2.45) is 0 Å². The first-order chi connectivity index (χ1) is 25.0. The smallest absolute Gasteiger partial charge is 0.137 e. The van der Waals surface area contributed by atoms with E-state index in [0.717, 1.165) is 46.0 Å². The number of ether oxygens (including phenoxy) is 1. The molecule has 4 aromatic carbocycles. The summed E-state index contributed by atoms with van der Waals surface area (Å²) >= 11 is 0. The molecule has 0 unspecified atom stereocenters. The zero-order valence-electron chi connectivity index (χ0n) is 31.6. The van der Waals surface area contributed by atoms with Gasteiger partial charge in [0, 0.05) is 42.3 Å². The van der Waals surface area contributed by atoms with Crippen LogP contribution in [0.15, 0.2) is 133 Å². The minimum Gasteiger partial charge on any atom is -0.457 e. The molecule has 262 valence electrons. The van der Waals surface area contributed by atoms with Crippen molar-refractivity contribution in [3.8, 4) is 28.4 Å². The van der Waals surface area contributed by atoms with Gasteiger partial charge in [0.15, 0.2) is 0 Å². The highest BCUT2D eigenvalue weighted by Crippen LogP contribution is 2.43. The van der Waals surface area contributed by atoms with Crippen molar-refractivity contribution in [1.29, 1.82) is 0 Å². The molecule has 0 saturated carbocycles. The number of pyridine rings is 1. The largest absolute Gasteiger partial charge is 0.457 e. The second-order valence-electron chi connectivity index (χ2n) is 15.8. The lowest BCUT2D eigenvalue weighted by molar-refractivity contribution is 0.449. The van der Waals surface area contributed by atoms with E-state index in [4.69, 9.17) is 9.72 Å². The molecule has 5 nitrogen and oxygen atoms in total. The van der Waals surface area contributed by atoms with Crippen molar-refractivity contribution in [2.45, 2.75) is 72.1 Å². The molecule has 0 saturated heterocycles. The molecule has 3 heterocycles. The van der Waals surface area contributed by atoms with Crippen LogP contribution in [0.2, 0.25) is 0 Å². The van der Waals surface area contributed by atoms with Gasteiger partial charge in [0.1, 0.15) is 17.3 Å². The molecule has 1 aliphatic carbocycles. The van der Waals surface area contributed by atoms with Gasteiger partial charge in [-0.25, -0.2) is 4.98 Å². The second-order valence-corrected chi connectivity index (χ2v) is 15.8. The van der Waals surface area contributed by atoms with Crippen LogP contribution in [-0.2, 0) is 5.41 Å². The summed E-state index contributed by atoms with van der Waals surface area (Å²) in [6.45, 7) is 15.9. The molecule has 0 fully saturated rings. The Morgan fingerprint density at radius 2 is 1.50 bits per heavy atom. The minimum atomic E-state index is 0.00123. The molecule has 6 aromatic rings. The standard InChI is InChI=1S/C47H48N4O/c1-30(2)38-16-13-17-39(31(3)4)46(38)33-24-35(50-29-32-14-9-11-18-42(32)49(50)8)27-37(25-33)52-36-20-21-41-40-15-10-12-19-43(40)51(44(41)28-36)45-26-34(22-23-48-45)47(5,6)7/h9-13,15-31H,14H2,1-8H3. The van der Waals surface area contributed by atoms with Crippen molar-refractivity contribution in [3.63, 3.8) is 0 Å². The number of fused-ring (bicyclic) bond motifs is 4. The van der Waals surface area contributed by atoms with Gasteiger partial charge in [-0.05, 0) is 106 Å². The Hall–Kier alpha value is -5.55. The summed E-state index contributed by atoms with van der Waals surface area (Å²) in [6, 6.07) is 32.9. The second kappa shape index (κ2) is 12.9. The van der Waals surface area contributed by atoms with Crippen molar-refractivity contribution in [2.75, 3.05) is 12.1 Å². The summed E-state index contributed by atoms with van der Waals surface area (Å²) in [6.07, 6.45) is 11.7. The molecule has 5 heteroatoms. The summed E-state index contributed by atoms with van der Waals surface area (Å²) in [5, 5.41) is 6.86. The molecule has 0 atom stereocenters. The highest BCUT2D eigenvalue weighted by Gasteiger charge is 2.27. The summed E-state index contributed by atoms with van der Waals surface area (Å²) in [5.74, 6) is 3.21. The molecule has 0 amide bonds. The molecular weight excluding hydrogens is 637 g/mol. The van der Waals surface area contributed by atoms with Crippen LogP contribution < -0.4 is 9.75 Å². The monoisotopic (exact) mass is 684 g/mol. The molecule has 2 aliphatic rings. The van der Waals surface area contributed by atoms with E-state index in [1.54, 1.807) is 0 Å². The van der Waals surface area contributed by atoms with Crippen LogP contribution in [0.4, 0.5) is 5.69 Å². The average molecular weight is 685 g/mol. The highest BCUT2D eigenvalue weighted by molar-refractivity contribution is 6.09. The van der Waals surface area contributed by atoms with Crippen LogP contribution in [0.1, 0.15) is 83.4 Å². The van der Waals surface area contributed by atoms with E-state index in [-0.39, 0.29) is 5.41 Å². The number of likely N-dealkylation sites (N-methyl/N-ethyl adjacent to an activating group) is 1. The lowest BCUT2D eigenvalue weighted by atomic mass is 9.85. The van der Waals surface area contributed by atoms with Gasteiger partial charge in [-0.3, -0.25) is 14.6 Å². The Labute approximate surface area is 308 Å². The van der Waals surface area contributed by atoms with E-state index >= 15 is 0 Å². The predicted octanol–water partition coefficient (Wildman–Crippen LogP) is 12.6. The Morgan fingerprint density at radius 3 is 2.23 bits per heavy atom. The van der Waals surface area contributed by atoms with Gasteiger partial charge in [0.25, 0.3) is 0 Å². The van der Waals surface area contributed by atoms with E-state index in [1.165, 1.54) is 44.3 Å². The number of hydrogen-bond donors (Lipinski definition) is 0. The predicted molar refractivity (Wildman–Crippen MR) is 218 cm³/mol. The Morgan fingerprint density at radius 1 is 0.750 bits per heavy atom. The molecule has 1 aliphatic heterocycles. The third-order valence-electron chi connectivity index (χ3n) is 10.5. The summed E-state index contributed by atoms with van der Waals surface area (Å²) in [5.41, 5.74) is 12.2. The van der Waals surface area contributed by atoms with Gasteiger partial charge < -0.3 is 4.74 Å². The Balaban J connectivity index is 1.29. The average Bonchev–Trinajstić information content (AvgIpc) is 3.65. The number of aromatic nitrogens is 2. The number of hydrazine groups is 1. The molecule has 8 rings (SSSR count). The van der Waals surface area contributed by atoms with Crippen LogP contribution in [0.25, 0.3) is 38.8 Å². The lowest BCUT2D eigenvalue weighted by Crippen LogP contribution is -2.30. The van der Waals surface area contributed by atoms with Gasteiger partial charge in [-0.2, -0.15) is 0 Å².